The second kappa shape index (κ2) is 6.22. The Morgan fingerprint density at radius 2 is 2.06 bits per heavy atom. The van der Waals surface area contributed by atoms with Crippen molar-refractivity contribution in [1.29, 1.82) is 0 Å². The number of aliphatic hydroxyl groups is 1. The molecule has 0 aliphatic carbocycles. The van der Waals surface area contributed by atoms with Gasteiger partial charge >= 0.3 is 0 Å². The first-order valence-electron chi connectivity index (χ1n) is 4.70. The summed E-state index contributed by atoms with van der Waals surface area (Å²) in [5.74, 6) is 0. The highest BCUT2D eigenvalue weighted by atomic mass is 79.9. The highest BCUT2D eigenvalue weighted by molar-refractivity contribution is 9.10. The van der Waals surface area contributed by atoms with Gasteiger partial charge < -0.3 is 10.8 Å². The fraction of sp³-hybridized carbons (Fsp3) is 0.455. The summed E-state index contributed by atoms with van der Waals surface area (Å²) in [6, 6.07) is 5.37. The molecular formula is C11H16BrCl2NO. The molecule has 0 radical (unpaired) electrons. The molecule has 1 rings (SSSR count). The molecule has 5 heteroatoms. The molecule has 1 aromatic carbocycles. The Labute approximate surface area is 116 Å². The normalized spacial score (nSPS) is 13.1. The van der Waals surface area contributed by atoms with Crippen molar-refractivity contribution in [2.45, 2.75) is 19.9 Å². The van der Waals surface area contributed by atoms with Gasteiger partial charge in [0, 0.05) is 22.5 Å². The summed E-state index contributed by atoms with van der Waals surface area (Å²) >= 11 is 9.25. The molecule has 0 saturated carbocycles. The van der Waals surface area contributed by atoms with E-state index in [-0.39, 0.29) is 30.5 Å². The summed E-state index contributed by atoms with van der Waals surface area (Å²) in [7, 11) is 0. The van der Waals surface area contributed by atoms with Gasteiger partial charge in [0.05, 0.1) is 5.02 Å². The van der Waals surface area contributed by atoms with E-state index in [4.69, 9.17) is 17.3 Å². The van der Waals surface area contributed by atoms with Gasteiger partial charge in [-0.05, 0) is 33.6 Å². The molecule has 1 atom stereocenters. The number of rotatable bonds is 3. The fourth-order valence-electron chi connectivity index (χ4n) is 1.26. The summed E-state index contributed by atoms with van der Waals surface area (Å²) in [5, 5.41) is 9.89. The number of aliphatic hydroxyl groups excluding tert-OH is 1. The molecule has 1 aromatic rings. The average molecular weight is 329 g/mol. The monoisotopic (exact) mass is 327 g/mol. The summed E-state index contributed by atoms with van der Waals surface area (Å²) in [6.45, 7) is 3.91. The Bertz CT molecular complexity index is 358. The van der Waals surface area contributed by atoms with Gasteiger partial charge in [-0.25, -0.2) is 0 Å². The molecule has 3 N–H and O–H groups in total. The number of nitrogens with two attached hydrogens (primary N) is 1. The lowest BCUT2D eigenvalue weighted by Crippen LogP contribution is -2.32. The van der Waals surface area contributed by atoms with E-state index in [2.05, 4.69) is 15.9 Å². The van der Waals surface area contributed by atoms with Gasteiger partial charge in [0.15, 0.2) is 0 Å². The van der Waals surface area contributed by atoms with Crippen LogP contribution < -0.4 is 5.73 Å². The van der Waals surface area contributed by atoms with Crippen LogP contribution in [0.25, 0.3) is 0 Å². The molecule has 0 spiro atoms. The van der Waals surface area contributed by atoms with Crippen molar-refractivity contribution in [3.05, 3.63) is 33.3 Å². The maximum Gasteiger partial charge on any atom is 0.0548 e. The molecule has 0 unspecified atom stereocenters. The Balaban J connectivity index is 0.00000225. The number of hydrogen-bond acceptors (Lipinski definition) is 2. The van der Waals surface area contributed by atoms with Crippen molar-refractivity contribution in [3.8, 4) is 0 Å². The van der Waals surface area contributed by atoms with Crippen LogP contribution in [0.2, 0.25) is 5.02 Å². The number of hydrogen-bond donors (Lipinski definition) is 2. The molecule has 92 valence electrons. The largest absolute Gasteiger partial charge is 0.396 e. The minimum absolute atomic E-state index is 0. The predicted molar refractivity (Wildman–Crippen MR) is 74.2 cm³/mol. The van der Waals surface area contributed by atoms with Crippen molar-refractivity contribution < 1.29 is 5.11 Å². The van der Waals surface area contributed by atoms with E-state index in [1.165, 1.54) is 0 Å². The second-order valence-electron chi connectivity index (χ2n) is 4.30. The number of halogens is 3. The van der Waals surface area contributed by atoms with Crippen LogP contribution in [-0.2, 0) is 0 Å². The van der Waals surface area contributed by atoms with Crippen molar-refractivity contribution in [1.82, 2.24) is 0 Å². The molecule has 0 amide bonds. The SMILES string of the molecule is CC(C)(CO)[C@@H](N)c1ccc(Cl)c(Br)c1.Cl. The number of benzene rings is 1. The van der Waals surface area contributed by atoms with E-state index in [1.807, 2.05) is 26.0 Å². The van der Waals surface area contributed by atoms with E-state index in [0.29, 0.717) is 5.02 Å². The zero-order chi connectivity index (χ0) is 11.6. The Kier molecular flexibility index (Phi) is 6.30. The van der Waals surface area contributed by atoms with Crippen LogP contribution in [0.4, 0.5) is 0 Å². The maximum absolute atomic E-state index is 9.23. The quantitative estimate of drug-likeness (QED) is 0.891. The molecule has 0 heterocycles. The standard InChI is InChI=1S/C11H15BrClNO.ClH/c1-11(2,6-15)10(14)7-3-4-9(13)8(12)5-7;/h3-5,10,15H,6,14H2,1-2H3;1H/t10-;/m0./s1. The lowest BCUT2D eigenvalue weighted by Gasteiger charge is -2.29. The Hall–Kier alpha value is 0.200. The summed E-state index contributed by atoms with van der Waals surface area (Å²) in [4.78, 5) is 0. The summed E-state index contributed by atoms with van der Waals surface area (Å²) < 4.78 is 0.825. The molecular weight excluding hydrogens is 313 g/mol. The van der Waals surface area contributed by atoms with E-state index in [0.717, 1.165) is 10.0 Å². The molecule has 0 aliphatic rings. The van der Waals surface area contributed by atoms with E-state index >= 15 is 0 Å². The average Bonchev–Trinajstić information content (AvgIpc) is 2.21. The molecule has 16 heavy (non-hydrogen) atoms. The second-order valence-corrected chi connectivity index (χ2v) is 5.56. The van der Waals surface area contributed by atoms with Gasteiger partial charge in [-0.2, -0.15) is 0 Å². The first-order valence-corrected chi connectivity index (χ1v) is 5.87. The van der Waals surface area contributed by atoms with Gasteiger partial charge in [-0.1, -0.05) is 31.5 Å². The molecule has 0 aromatic heterocycles. The summed E-state index contributed by atoms with van der Waals surface area (Å²) in [6.07, 6.45) is 0. The van der Waals surface area contributed by atoms with Crippen LogP contribution >= 0.6 is 39.9 Å². The van der Waals surface area contributed by atoms with E-state index in [1.54, 1.807) is 6.07 Å². The zero-order valence-corrected chi connectivity index (χ0v) is 12.4. The van der Waals surface area contributed by atoms with Crippen LogP contribution in [0.1, 0.15) is 25.5 Å². The highest BCUT2D eigenvalue weighted by Gasteiger charge is 2.27. The molecule has 0 saturated heterocycles. The zero-order valence-electron chi connectivity index (χ0n) is 9.21. The molecule has 0 bridgehead atoms. The lowest BCUT2D eigenvalue weighted by atomic mass is 9.82. The van der Waals surface area contributed by atoms with Crippen molar-refractivity contribution >= 4 is 39.9 Å². The van der Waals surface area contributed by atoms with Gasteiger partial charge in [0.2, 0.25) is 0 Å². The van der Waals surface area contributed by atoms with Crippen LogP contribution in [0.15, 0.2) is 22.7 Å². The van der Waals surface area contributed by atoms with Crippen LogP contribution in [0, 0.1) is 5.41 Å². The van der Waals surface area contributed by atoms with Crippen molar-refractivity contribution in [3.63, 3.8) is 0 Å². The highest BCUT2D eigenvalue weighted by Crippen LogP contribution is 2.33. The third kappa shape index (κ3) is 3.60. The van der Waals surface area contributed by atoms with Crippen LogP contribution in [0.3, 0.4) is 0 Å². The van der Waals surface area contributed by atoms with Gasteiger partial charge in [0.1, 0.15) is 0 Å². The Morgan fingerprint density at radius 3 is 2.50 bits per heavy atom. The third-order valence-corrected chi connectivity index (χ3v) is 3.77. The van der Waals surface area contributed by atoms with Gasteiger partial charge in [-0.3, -0.25) is 0 Å². The first kappa shape index (κ1) is 16.2. The topological polar surface area (TPSA) is 46.2 Å². The molecule has 2 nitrogen and oxygen atoms in total. The smallest absolute Gasteiger partial charge is 0.0548 e. The minimum Gasteiger partial charge on any atom is -0.396 e. The van der Waals surface area contributed by atoms with Gasteiger partial charge in [-0.15, -0.1) is 12.4 Å². The van der Waals surface area contributed by atoms with Crippen molar-refractivity contribution in [2.75, 3.05) is 6.61 Å². The lowest BCUT2D eigenvalue weighted by molar-refractivity contribution is 0.132. The predicted octanol–water partition coefficient (Wildman–Crippen LogP) is 3.54. The van der Waals surface area contributed by atoms with Crippen LogP contribution in [-0.4, -0.2) is 11.7 Å². The first-order chi connectivity index (χ1) is 6.88. The van der Waals surface area contributed by atoms with E-state index in [9.17, 15) is 5.11 Å². The third-order valence-electron chi connectivity index (χ3n) is 2.55. The van der Waals surface area contributed by atoms with Crippen molar-refractivity contribution in [2.24, 2.45) is 11.1 Å². The molecule has 0 aliphatic heterocycles. The van der Waals surface area contributed by atoms with Gasteiger partial charge in [0.25, 0.3) is 0 Å². The maximum atomic E-state index is 9.23. The fourth-order valence-corrected chi connectivity index (χ4v) is 1.77. The Morgan fingerprint density at radius 1 is 1.50 bits per heavy atom. The molecule has 0 fully saturated rings. The van der Waals surface area contributed by atoms with Crippen LogP contribution in [0.5, 0.6) is 0 Å². The minimum atomic E-state index is -0.340. The van der Waals surface area contributed by atoms with E-state index < -0.39 is 0 Å². The summed E-state index contributed by atoms with van der Waals surface area (Å²) in [5.41, 5.74) is 6.70.